The molecule has 2 aromatic heterocycles. The quantitative estimate of drug-likeness (QED) is 0.565. The fourth-order valence-corrected chi connectivity index (χ4v) is 2.98. The largest absolute Gasteiger partial charge is 0.360 e. The van der Waals surface area contributed by atoms with E-state index in [9.17, 15) is 4.79 Å². The highest BCUT2D eigenvalue weighted by molar-refractivity contribution is 5.95. The van der Waals surface area contributed by atoms with Gasteiger partial charge in [-0.05, 0) is 17.2 Å². The molecule has 2 heterocycles. The average molecular weight is 347 g/mol. The Kier molecular flexibility index (Phi) is 5.17. The second-order valence-corrected chi connectivity index (χ2v) is 5.82. The lowest BCUT2D eigenvalue weighted by atomic mass is 10.0. The van der Waals surface area contributed by atoms with Crippen molar-refractivity contribution in [1.29, 1.82) is 0 Å². The standard InChI is InChI=1S/C20H17N3O2.CH4/c24-19(21-13-15-10-11-22-25-15)12-17-16-8-4-5-9-18(16)23-20(17)14-6-2-1-3-7-14;/h1-11,23H,12-13H2,(H,21,24);1H4. The molecule has 0 spiro atoms. The number of hydrogen-bond donors (Lipinski definition) is 2. The molecular formula is C21H21N3O2. The molecule has 0 saturated carbocycles. The number of fused-ring (bicyclic) bond motifs is 1. The number of rotatable bonds is 5. The second-order valence-electron chi connectivity index (χ2n) is 5.82. The molecule has 4 rings (SSSR count). The van der Waals surface area contributed by atoms with Gasteiger partial charge in [0.15, 0.2) is 5.76 Å². The van der Waals surface area contributed by atoms with Gasteiger partial charge in [-0.1, -0.05) is 61.1 Å². The number of nitrogens with zero attached hydrogens (tertiary/aromatic N) is 1. The molecule has 5 heteroatoms. The Morgan fingerprint density at radius 2 is 1.81 bits per heavy atom. The van der Waals surface area contributed by atoms with Crippen molar-refractivity contribution in [2.24, 2.45) is 0 Å². The van der Waals surface area contributed by atoms with Crippen molar-refractivity contribution in [2.75, 3.05) is 0 Å². The van der Waals surface area contributed by atoms with E-state index in [2.05, 4.69) is 15.5 Å². The first-order valence-electron chi connectivity index (χ1n) is 8.12. The third-order valence-electron chi connectivity index (χ3n) is 4.16. The van der Waals surface area contributed by atoms with E-state index < -0.39 is 0 Å². The number of hydrogen-bond acceptors (Lipinski definition) is 3. The highest BCUT2D eigenvalue weighted by Crippen LogP contribution is 2.30. The summed E-state index contributed by atoms with van der Waals surface area (Å²) in [5, 5.41) is 7.59. The second kappa shape index (κ2) is 7.70. The van der Waals surface area contributed by atoms with E-state index in [4.69, 9.17) is 4.52 Å². The molecular weight excluding hydrogens is 326 g/mol. The maximum atomic E-state index is 12.4. The summed E-state index contributed by atoms with van der Waals surface area (Å²) in [6, 6.07) is 19.8. The van der Waals surface area contributed by atoms with Crippen molar-refractivity contribution in [3.8, 4) is 11.3 Å². The van der Waals surface area contributed by atoms with Crippen LogP contribution in [0, 0.1) is 0 Å². The zero-order valence-electron chi connectivity index (χ0n) is 13.5. The number of H-pyrrole nitrogens is 1. The first-order chi connectivity index (χ1) is 12.3. The molecule has 0 aliphatic carbocycles. The molecule has 2 aromatic carbocycles. The van der Waals surface area contributed by atoms with Crippen molar-refractivity contribution in [3.05, 3.63) is 78.2 Å². The van der Waals surface area contributed by atoms with Gasteiger partial charge in [0.1, 0.15) is 0 Å². The van der Waals surface area contributed by atoms with Gasteiger partial charge in [-0.25, -0.2) is 0 Å². The molecule has 2 N–H and O–H groups in total. The Balaban J connectivity index is 0.00000196. The van der Waals surface area contributed by atoms with Crippen LogP contribution in [0.3, 0.4) is 0 Å². The van der Waals surface area contributed by atoms with Crippen molar-refractivity contribution in [2.45, 2.75) is 20.4 Å². The molecule has 0 radical (unpaired) electrons. The molecule has 0 saturated heterocycles. The van der Waals surface area contributed by atoms with Crippen LogP contribution in [0.25, 0.3) is 22.2 Å². The number of aromatic amines is 1. The van der Waals surface area contributed by atoms with Crippen LogP contribution in [0.15, 0.2) is 71.4 Å². The summed E-state index contributed by atoms with van der Waals surface area (Å²) in [6.45, 7) is 0.335. The van der Waals surface area contributed by atoms with Gasteiger partial charge >= 0.3 is 0 Å². The van der Waals surface area contributed by atoms with Gasteiger partial charge < -0.3 is 14.8 Å². The smallest absolute Gasteiger partial charge is 0.224 e. The summed E-state index contributed by atoms with van der Waals surface area (Å²) >= 11 is 0. The predicted molar refractivity (Wildman–Crippen MR) is 103 cm³/mol. The van der Waals surface area contributed by atoms with Gasteiger partial charge in [0, 0.05) is 17.0 Å². The minimum atomic E-state index is -0.0571. The Morgan fingerprint density at radius 3 is 2.58 bits per heavy atom. The monoisotopic (exact) mass is 347 g/mol. The Bertz CT molecular complexity index is 989. The minimum Gasteiger partial charge on any atom is -0.360 e. The van der Waals surface area contributed by atoms with E-state index in [1.54, 1.807) is 12.3 Å². The van der Waals surface area contributed by atoms with Gasteiger partial charge in [0.2, 0.25) is 5.91 Å². The summed E-state index contributed by atoms with van der Waals surface area (Å²) < 4.78 is 5.01. The van der Waals surface area contributed by atoms with Gasteiger partial charge in [0.25, 0.3) is 0 Å². The summed E-state index contributed by atoms with van der Waals surface area (Å²) in [5.74, 6) is 0.578. The Hall–Kier alpha value is -3.34. The van der Waals surface area contributed by atoms with E-state index in [1.165, 1.54) is 0 Å². The van der Waals surface area contributed by atoms with E-state index >= 15 is 0 Å². The number of nitrogens with one attached hydrogen (secondary N) is 2. The maximum absolute atomic E-state index is 12.4. The van der Waals surface area contributed by atoms with Crippen molar-refractivity contribution >= 4 is 16.8 Å². The number of para-hydroxylation sites is 1. The van der Waals surface area contributed by atoms with E-state index in [0.29, 0.717) is 18.7 Å². The van der Waals surface area contributed by atoms with Crippen LogP contribution in [0.1, 0.15) is 18.8 Å². The lowest BCUT2D eigenvalue weighted by Crippen LogP contribution is -2.24. The fourth-order valence-electron chi connectivity index (χ4n) is 2.98. The Labute approximate surface area is 152 Å². The number of carbonyl (C=O) groups excluding carboxylic acids is 1. The maximum Gasteiger partial charge on any atom is 0.224 e. The van der Waals surface area contributed by atoms with E-state index in [0.717, 1.165) is 27.7 Å². The molecule has 5 nitrogen and oxygen atoms in total. The number of carbonyl (C=O) groups is 1. The van der Waals surface area contributed by atoms with Gasteiger partial charge in [0.05, 0.1) is 24.9 Å². The first kappa shape index (κ1) is 17.5. The summed E-state index contributed by atoms with van der Waals surface area (Å²) in [7, 11) is 0. The van der Waals surface area contributed by atoms with Crippen LogP contribution in [-0.4, -0.2) is 16.0 Å². The first-order valence-corrected chi connectivity index (χ1v) is 8.12. The summed E-state index contributed by atoms with van der Waals surface area (Å²) in [5.41, 5.74) is 4.07. The number of amides is 1. The molecule has 132 valence electrons. The van der Waals surface area contributed by atoms with Crippen LogP contribution in [-0.2, 0) is 17.8 Å². The van der Waals surface area contributed by atoms with Crippen LogP contribution in [0.4, 0.5) is 0 Å². The normalized spacial score (nSPS) is 10.5. The third-order valence-corrected chi connectivity index (χ3v) is 4.16. The van der Waals surface area contributed by atoms with Gasteiger partial charge in [-0.3, -0.25) is 4.79 Å². The zero-order valence-corrected chi connectivity index (χ0v) is 13.5. The summed E-state index contributed by atoms with van der Waals surface area (Å²) in [6.07, 6.45) is 1.86. The lowest BCUT2D eigenvalue weighted by Gasteiger charge is -2.06. The molecule has 0 aliphatic heterocycles. The fraction of sp³-hybridized carbons (Fsp3) is 0.143. The number of aromatic nitrogens is 2. The molecule has 26 heavy (non-hydrogen) atoms. The molecule has 0 aliphatic rings. The van der Waals surface area contributed by atoms with Crippen LogP contribution in [0.2, 0.25) is 0 Å². The molecule has 4 aromatic rings. The Morgan fingerprint density at radius 1 is 1.04 bits per heavy atom. The summed E-state index contributed by atoms with van der Waals surface area (Å²) in [4.78, 5) is 15.9. The molecule has 0 fully saturated rings. The molecule has 1 amide bonds. The highest BCUT2D eigenvalue weighted by atomic mass is 16.5. The van der Waals surface area contributed by atoms with Crippen LogP contribution in [0.5, 0.6) is 0 Å². The van der Waals surface area contributed by atoms with Crippen molar-refractivity contribution < 1.29 is 9.32 Å². The third kappa shape index (κ3) is 3.52. The molecule has 0 unspecified atom stereocenters. The zero-order chi connectivity index (χ0) is 17.1. The van der Waals surface area contributed by atoms with E-state index in [1.807, 2.05) is 54.6 Å². The topological polar surface area (TPSA) is 70.9 Å². The predicted octanol–water partition coefficient (Wildman–Crippen LogP) is 4.32. The molecule has 0 atom stereocenters. The lowest BCUT2D eigenvalue weighted by molar-refractivity contribution is -0.120. The van der Waals surface area contributed by atoms with Gasteiger partial charge in [-0.15, -0.1) is 0 Å². The minimum absolute atomic E-state index is 0. The van der Waals surface area contributed by atoms with Crippen molar-refractivity contribution in [3.63, 3.8) is 0 Å². The van der Waals surface area contributed by atoms with Crippen LogP contribution >= 0.6 is 0 Å². The highest BCUT2D eigenvalue weighted by Gasteiger charge is 2.16. The van der Waals surface area contributed by atoms with E-state index in [-0.39, 0.29) is 13.3 Å². The SMILES string of the molecule is C.O=C(Cc1c(-c2ccccc2)[nH]c2ccccc12)NCc1ccno1. The van der Waals surface area contributed by atoms with Gasteiger partial charge in [-0.2, -0.15) is 0 Å². The number of benzene rings is 2. The average Bonchev–Trinajstić information content (AvgIpc) is 3.29. The molecule has 0 bridgehead atoms. The van der Waals surface area contributed by atoms with Crippen LogP contribution < -0.4 is 5.32 Å². The van der Waals surface area contributed by atoms with Crippen molar-refractivity contribution in [1.82, 2.24) is 15.5 Å².